The van der Waals surface area contributed by atoms with E-state index in [-0.39, 0.29) is 18.1 Å². The van der Waals surface area contributed by atoms with Gasteiger partial charge in [0.1, 0.15) is 6.61 Å². The van der Waals surface area contributed by atoms with Crippen LogP contribution in [0.4, 0.5) is 0 Å². The molecule has 1 spiro atoms. The first-order valence-electron chi connectivity index (χ1n) is 5.50. The van der Waals surface area contributed by atoms with Crippen molar-refractivity contribution in [3.8, 4) is 0 Å². The average molecular weight is 197 g/mol. The maximum Gasteiger partial charge on any atom is 0.246 e. The minimum absolute atomic E-state index is 0.0292. The SMILES string of the molecule is CC1CC(C)CC2(CNC(=O)CO2)C1. The molecule has 2 rings (SSSR count). The Morgan fingerprint density at radius 3 is 2.50 bits per heavy atom. The second-order valence-electron chi connectivity index (χ2n) is 5.10. The third-order valence-electron chi connectivity index (χ3n) is 3.36. The van der Waals surface area contributed by atoms with Crippen molar-refractivity contribution in [1.29, 1.82) is 0 Å². The Labute approximate surface area is 85.2 Å². The van der Waals surface area contributed by atoms with E-state index in [9.17, 15) is 4.79 Å². The summed E-state index contributed by atoms with van der Waals surface area (Å²) in [5.41, 5.74) is -0.0506. The van der Waals surface area contributed by atoms with E-state index >= 15 is 0 Å². The summed E-state index contributed by atoms with van der Waals surface area (Å²) in [6.07, 6.45) is 3.48. The summed E-state index contributed by atoms with van der Waals surface area (Å²) in [4.78, 5) is 11.0. The van der Waals surface area contributed by atoms with E-state index in [1.807, 2.05) is 0 Å². The van der Waals surface area contributed by atoms with Gasteiger partial charge in [0, 0.05) is 6.54 Å². The number of morpholine rings is 1. The van der Waals surface area contributed by atoms with Crippen LogP contribution in [0.25, 0.3) is 0 Å². The third-order valence-corrected chi connectivity index (χ3v) is 3.36. The molecule has 2 unspecified atom stereocenters. The fraction of sp³-hybridized carbons (Fsp3) is 0.909. The summed E-state index contributed by atoms with van der Waals surface area (Å²) >= 11 is 0. The van der Waals surface area contributed by atoms with Gasteiger partial charge in [-0.05, 0) is 31.1 Å². The summed E-state index contributed by atoms with van der Waals surface area (Å²) in [6, 6.07) is 0. The maximum atomic E-state index is 11.0. The highest BCUT2D eigenvalue weighted by molar-refractivity contribution is 5.78. The number of carbonyl (C=O) groups is 1. The molecule has 14 heavy (non-hydrogen) atoms. The summed E-state index contributed by atoms with van der Waals surface area (Å²) in [5, 5.41) is 2.92. The normalized spacial score (nSPS) is 43.7. The first-order valence-corrected chi connectivity index (χ1v) is 5.50. The number of carbonyl (C=O) groups excluding carboxylic acids is 1. The standard InChI is InChI=1S/C11H19NO2/c1-8-3-9(2)5-11(4-8)7-12-10(13)6-14-11/h8-9H,3-7H2,1-2H3,(H,12,13). The Morgan fingerprint density at radius 2 is 2.00 bits per heavy atom. The second kappa shape index (κ2) is 3.54. The molecule has 1 saturated heterocycles. The van der Waals surface area contributed by atoms with Crippen molar-refractivity contribution in [2.24, 2.45) is 11.8 Å². The van der Waals surface area contributed by atoms with E-state index in [1.54, 1.807) is 0 Å². The zero-order chi connectivity index (χ0) is 10.2. The zero-order valence-electron chi connectivity index (χ0n) is 9.01. The Kier molecular flexibility index (Phi) is 2.52. The Morgan fingerprint density at radius 1 is 1.36 bits per heavy atom. The molecule has 2 atom stereocenters. The van der Waals surface area contributed by atoms with Gasteiger partial charge in [-0.2, -0.15) is 0 Å². The fourth-order valence-corrected chi connectivity index (χ4v) is 3.05. The lowest BCUT2D eigenvalue weighted by atomic mass is 9.73. The van der Waals surface area contributed by atoms with Gasteiger partial charge in [-0.15, -0.1) is 0 Å². The first-order chi connectivity index (χ1) is 6.60. The van der Waals surface area contributed by atoms with E-state index in [2.05, 4.69) is 19.2 Å². The molecule has 1 heterocycles. The molecule has 0 bridgehead atoms. The van der Waals surface area contributed by atoms with Gasteiger partial charge in [0.2, 0.25) is 5.91 Å². The molecular weight excluding hydrogens is 178 g/mol. The molecule has 0 aromatic carbocycles. The van der Waals surface area contributed by atoms with Crippen molar-refractivity contribution < 1.29 is 9.53 Å². The lowest BCUT2D eigenvalue weighted by Gasteiger charge is -2.44. The molecule has 2 aliphatic rings. The summed E-state index contributed by atoms with van der Waals surface area (Å²) in [7, 11) is 0. The number of amides is 1. The van der Waals surface area contributed by atoms with Crippen molar-refractivity contribution in [2.45, 2.75) is 38.7 Å². The van der Waals surface area contributed by atoms with Crippen LogP contribution in [-0.2, 0) is 9.53 Å². The van der Waals surface area contributed by atoms with Crippen molar-refractivity contribution in [3.63, 3.8) is 0 Å². The first kappa shape index (κ1) is 9.97. The van der Waals surface area contributed by atoms with Crippen molar-refractivity contribution in [1.82, 2.24) is 5.32 Å². The van der Waals surface area contributed by atoms with Gasteiger partial charge in [0.05, 0.1) is 5.60 Å². The van der Waals surface area contributed by atoms with Crippen molar-refractivity contribution in [3.05, 3.63) is 0 Å². The second-order valence-corrected chi connectivity index (χ2v) is 5.10. The molecule has 1 saturated carbocycles. The van der Waals surface area contributed by atoms with Crippen LogP contribution in [0.2, 0.25) is 0 Å². The molecule has 1 N–H and O–H groups in total. The topological polar surface area (TPSA) is 38.3 Å². The molecule has 3 heteroatoms. The average Bonchev–Trinajstić information content (AvgIpc) is 2.09. The van der Waals surface area contributed by atoms with E-state index in [4.69, 9.17) is 4.74 Å². The molecule has 2 fully saturated rings. The number of nitrogens with one attached hydrogen (secondary N) is 1. The molecule has 1 aliphatic heterocycles. The molecule has 0 aromatic heterocycles. The Bertz CT molecular complexity index is 217. The van der Waals surface area contributed by atoms with E-state index in [0.717, 1.165) is 12.8 Å². The van der Waals surface area contributed by atoms with Gasteiger partial charge in [0.15, 0.2) is 0 Å². The van der Waals surface area contributed by atoms with Crippen LogP contribution in [0.15, 0.2) is 0 Å². The van der Waals surface area contributed by atoms with Crippen LogP contribution in [-0.4, -0.2) is 24.7 Å². The van der Waals surface area contributed by atoms with Crippen molar-refractivity contribution >= 4 is 5.91 Å². The van der Waals surface area contributed by atoms with Crippen LogP contribution in [0.3, 0.4) is 0 Å². The van der Waals surface area contributed by atoms with Crippen LogP contribution in [0.1, 0.15) is 33.1 Å². The summed E-state index contributed by atoms with van der Waals surface area (Å²) in [5.74, 6) is 1.46. The highest BCUT2D eigenvalue weighted by Gasteiger charge is 2.41. The summed E-state index contributed by atoms with van der Waals surface area (Å²) in [6.45, 7) is 5.51. The number of rotatable bonds is 0. The number of hydrogen-bond donors (Lipinski definition) is 1. The molecular formula is C11H19NO2. The van der Waals surface area contributed by atoms with Gasteiger partial charge in [-0.1, -0.05) is 13.8 Å². The largest absolute Gasteiger partial charge is 0.363 e. The zero-order valence-corrected chi connectivity index (χ0v) is 9.01. The van der Waals surface area contributed by atoms with Crippen LogP contribution in [0, 0.1) is 11.8 Å². The predicted octanol–water partition coefficient (Wildman–Crippen LogP) is 1.33. The van der Waals surface area contributed by atoms with Gasteiger partial charge in [-0.25, -0.2) is 0 Å². The monoisotopic (exact) mass is 197 g/mol. The Hall–Kier alpha value is -0.570. The summed E-state index contributed by atoms with van der Waals surface area (Å²) < 4.78 is 5.75. The molecule has 80 valence electrons. The van der Waals surface area contributed by atoms with Gasteiger partial charge < -0.3 is 10.1 Å². The van der Waals surface area contributed by atoms with E-state index < -0.39 is 0 Å². The maximum absolute atomic E-state index is 11.0. The van der Waals surface area contributed by atoms with Gasteiger partial charge in [0.25, 0.3) is 0 Å². The molecule has 1 aliphatic carbocycles. The smallest absolute Gasteiger partial charge is 0.246 e. The van der Waals surface area contributed by atoms with E-state index in [0.29, 0.717) is 18.4 Å². The predicted molar refractivity (Wildman–Crippen MR) is 53.9 cm³/mol. The molecule has 3 nitrogen and oxygen atoms in total. The number of ether oxygens (including phenoxy) is 1. The van der Waals surface area contributed by atoms with E-state index in [1.165, 1.54) is 6.42 Å². The third kappa shape index (κ3) is 1.92. The number of hydrogen-bond acceptors (Lipinski definition) is 2. The lowest BCUT2D eigenvalue weighted by molar-refractivity contribution is -0.152. The van der Waals surface area contributed by atoms with Crippen LogP contribution in [0.5, 0.6) is 0 Å². The lowest BCUT2D eigenvalue weighted by Crippen LogP contribution is -2.55. The fourth-order valence-electron chi connectivity index (χ4n) is 3.05. The van der Waals surface area contributed by atoms with Gasteiger partial charge >= 0.3 is 0 Å². The molecule has 0 aromatic rings. The minimum Gasteiger partial charge on any atom is -0.363 e. The molecule has 1 amide bonds. The highest BCUT2D eigenvalue weighted by atomic mass is 16.5. The Balaban J connectivity index is 2.03. The van der Waals surface area contributed by atoms with Gasteiger partial charge in [-0.3, -0.25) is 4.79 Å². The van der Waals surface area contributed by atoms with Crippen LogP contribution < -0.4 is 5.32 Å². The quantitative estimate of drug-likeness (QED) is 0.636. The minimum atomic E-state index is -0.0506. The highest BCUT2D eigenvalue weighted by Crippen LogP contribution is 2.38. The van der Waals surface area contributed by atoms with Crippen molar-refractivity contribution in [2.75, 3.05) is 13.2 Å². The molecule has 0 radical (unpaired) electrons. The van der Waals surface area contributed by atoms with Crippen LogP contribution >= 0.6 is 0 Å².